The van der Waals surface area contributed by atoms with Crippen molar-refractivity contribution in [3.05, 3.63) is 71.9 Å². The lowest BCUT2D eigenvalue weighted by Crippen LogP contribution is -2.19. The first-order chi connectivity index (χ1) is 11.7. The standard InChI is InChI=1S/C18H17ClN2O3/c1-23-16-7-6-13(11-14(16)19)20-18(22)12-15(17-5-4-10-24-17)21-8-2-3-9-21/h2-11,15H,12H2,1H3,(H,20,22)/t15-/m0/s1. The summed E-state index contributed by atoms with van der Waals surface area (Å²) >= 11 is 6.09. The number of aromatic nitrogens is 1. The number of furan rings is 1. The molecule has 0 aliphatic carbocycles. The number of carbonyl (C=O) groups excluding carboxylic acids is 1. The van der Waals surface area contributed by atoms with E-state index in [1.165, 1.54) is 0 Å². The van der Waals surface area contributed by atoms with Gasteiger partial charge in [0.25, 0.3) is 0 Å². The molecule has 2 aromatic heterocycles. The fourth-order valence-electron chi connectivity index (χ4n) is 2.52. The van der Waals surface area contributed by atoms with E-state index in [2.05, 4.69) is 5.32 Å². The average molecular weight is 345 g/mol. The highest BCUT2D eigenvalue weighted by Crippen LogP contribution is 2.28. The van der Waals surface area contributed by atoms with Crippen molar-refractivity contribution in [3.8, 4) is 5.75 Å². The SMILES string of the molecule is COc1ccc(NC(=O)C[C@@H](c2ccco2)n2cccc2)cc1Cl. The number of anilines is 1. The molecule has 1 N–H and O–H groups in total. The van der Waals surface area contributed by atoms with Gasteiger partial charge in [-0.15, -0.1) is 0 Å². The quantitative estimate of drug-likeness (QED) is 0.722. The summed E-state index contributed by atoms with van der Waals surface area (Å²) in [6, 6.07) is 12.4. The molecule has 0 fully saturated rings. The second-order valence-corrected chi connectivity index (χ2v) is 5.67. The molecule has 1 aromatic carbocycles. The zero-order chi connectivity index (χ0) is 16.9. The molecule has 0 spiro atoms. The first-order valence-electron chi connectivity index (χ1n) is 7.46. The topological polar surface area (TPSA) is 56.4 Å². The summed E-state index contributed by atoms with van der Waals surface area (Å²) in [5.41, 5.74) is 0.622. The minimum atomic E-state index is -0.205. The van der Waals surface area contributed by atoms with Gasteiger partial charge in [0.2, 0.25) is 5.91 Å². The van der Waals surface area contributed by atoms with Crippen molar-refractivity contribution in [3.63, 3.8) is 0 Å². The van der Waals surface area contributed by atoms with Gasteiger partial charge in [0.15, 0.2) is 0 Å². The van der Waals surface area contributed by atoms with Crippen LogP contribution in [0.5, 0.6) is 5.75 Å². The van der Waals surface area contributed by atoms with Crippen LogP contribution in [0, 0.1) is 0 Å². The molecule has 0 aliphatic heterocycles. The second-order valence-electron chi connectivity index (χ2n) is 5.26. The summed E-state index contributed by atoms with van der Waals surface area (Å²) in [5, 5.41) is 3.30. The van der Waals surface area contributed by atoms with Gasteiger partial charge < -0.3 is 19.0 Å². The molecule has 124 valence electrons. The molecule has 2 heterocycles. The molecule has 1 atom stereocenters. The van der Waals surface area contributed by atoms with Crippen LogP contribution in [0.15, 0.2) is 65.5 Å². The number of rotatable bonds is 6. The number of nitrogens with zero attached hydrogens (tertiary/aromatic N) is 1. The van der Waals surface area contributed by atoms with Crippen molar-refractivity contribution in [1.29, 1.82) is 0 Å². The molecule has 0 bridgehead atoms. The molecule has 6 heteroatoms. The van der Waals surface area contributed by atoms with Crippen LogP contribution in [-0.4, -0.2) is 17.6 Å². The lowest BCUT2D eigenvalue weighted by atomic mass is 10.1. The van der Waals surface area contributed by atoms with Gasteiger partial charge in [-0.05, 0) is 42.5 Å². The summed E-state index contributed by atoms with van der Waals surface area (Å²) in [6.07, 6.45) is 5.66. The molecular weight excluding hydrogens is 328 g/mol. The van der Waals surface area contributed by atoms with E-state index in [9.17, 15) is 4.79 Å². The van der Waals surface area contributed by atoms with Gasteiger partial charge in [-0.3, -0.25) is 4.79 Å². The van der Waals surface area contributed by atoms with Crippen molar-refractivity contribution < 1.29 is 13.9 Å². The number of carbonyl (C=O) groups is 1. The number of methoxy groups -OCH3 is 1. The maximum Gasteiger partial charge on any atom is 0.226 e. The number of amides is 1. The molecular formula is C18H17ClN2O3. The Hall–Kier alpha value is -2.66. The lowest BCUT2D eigenvalue weighted by molar-refractivity contribution is -0.116. The third-order valence-corrected chi connectivity index (χ3v) is 3.97. The monoisotopic (exact) mass is 344 g/mol. The number of hydrogen-bond acceptors (Lipinski definition) is 3. The van der Waals surface area contributed by atoms with E-state index in [0.717, 1.165) is 5.76 Å². The Morgan fingerprint density at radius 2 is 2.08 bits per heavy atom. The van der Waals surface area contributed by atoms with Gasteiger partial charge in [0, 0.05) is 18.1 Å². The van der Waals surface area contributed by atoms with E-state index >= 15 is 0 Å². The highest BCUT2D eigenvalue weighted by molar-refractivity contribution is 6.32. The van der Waals surface area contributed by atoms with E-state index < -0.39 is 0 Å². The fraction of sp³-hybridized carbons (Fsp3) is 0.167. The van der Waals surface area contributed by atoms with E-state index in [-0.39, 0.29) is 18.4 Å². The molecule has 5 nitrogen and oxygen atoms in total. The van der Waals surface area contributed by atoms with Crippen LogP contribution in [0.2, 0.25) is 5.02 Å². The largest absolute Gasteiger partial charge is 0.495 e. The lowest BCUT2D eigenvalue weighted by Gasteiger charge is -2.17. The predicted octanol–water partition coefficient (Wildman–Crippen LogP) is 4.36. The maximum atomic E-state index is 12.4. The molecule has 0 saturated heterocycles. The van der Waals surface area contributed by atoms with Gasteiger partial charge in [-0.1, -0.05) is 11.6 Å². The zero-order valence-electron chi connectivity index (χ0n) is 13.1. The van der Waals surface area contributed by atoms with Crippen LogP contribution in [0.1, 0.15) is 18.2 Å². The first kappa shape index (κ1) is 16.2. The Morgan fingerprint density at radius 3 is 2.71 bits per heavy atom. The van der Waals surface area contributed by atoms with Crippen molar-refractivity contribution in [2.75, 3.05) is 12.4 Å². The Kier molecular flexibility index (Phi) is 4.91. The highest BCUT2D eigenvalue weighted by Gasteiger charge is 2.20. The molecule has 3 aromatic rings. The number of halogens is 1. The molecule has 1 amide bonds. The smallest absolute Gasteiger partial charge is 0.226 e. The van der Waals surface area contributed by atoms with Crippen molar-refractivity contribution in [1.82, 2.24) is 4.57 Å². The zero-order valence-corrected chi connectivity index (χ0v) is 13.9. The van der Waals surface area contributed by atoms with Crippen LogP contribution in [0.25, 0.3) is 0 Å². The Bertz CT molecular complexity index is 764. The second kappa shape index (κ2) is 7.27. The maximum absolute atomic E-state index is 12.4. The van der Waals surface area contributed by atoms with Crippen molar-refractivity contribution in [2.45, 2.75) is 12.5 Å². The third-order valence-electron chi connectivity index (χ3n) is 3.67. The molecule has 3 rings (SSSR count). The van der Waals surface area contributed by atoms with Gasteiger partial charge in [0.05, 0.1) is 30.9 Å². The van der Waals surface area contributed by atoms with Crippen LogP contribution in [-0.2, 0) is 4.79 Å². The van der Waals surface area contributed by atoms with Crippen molar-refractivity contribution >= 4 is 23.2 Å². The Morgan fingerprint density at radius 1 is 1.29 bits per heavy atom. The first-order valence-corrected chi connectivity index (χ1v) is 7.84. The number of benzene rings is 1. The van der Waals surface area contributed by atoms with Crippen LogP contribution in [0.4, 0.5) is 5.69 Å². The minimum Gasteiger partial charge on any atom is -0.495 e. The van der Waals surface area contributed by atoms with Gasteiger partial charge >= 0.3 is 0 Å². The third kappa shape index (κ3) is 3.63. The number of hydrogen-bond donors (Lipinski definition) is 1. The van der Waals surface area contributed by atoms with E-state index in [1.807, 2.05) is 41.2 Å². The summed E-state index contributed by atoms with van der Waals surface area (Å²) in [5.74, 6) is 1.16. The minimum absolute atomic E-state index is 0.133. The van der Waals surface area contributed by atoms with Gasteiger partial charge in [-0.25, -0.2) is 0 Å². The Balaban J connectivity index is 1.73. The number of nitrogens with one attached hydrogen (secondary N) is 1. The molecule has 24 heavy (non-hydrogen) atoms. The van der Waals surface area contributed by atoms with Crippen molar-refractivity contribution in [2.24, 2.45) is 0 Å². The summed E-state index contributed by atoms with van der Waals surface area (Å²) in [7, 11) is 1.55. The molecule has 0 unspecified atom stereocenters. The van der Waals surface area contributed by atoms with Gasteiger partial charge in [-0.2, -0.15) is 0 Å². The van der Waals surface area contributed by atoms with Crippen LogP contribution in [0.3, 0.4) is 0 Å². The molecule has 0 saturated carbocycles. The van der Waals surface area contributed by atoms with Crippen LogP contribution < -0.4 is 10.1 Å². The van der Waals surface area contributed by atoms with Crippen LogP contribution >= 0.6 is 11.6 Å². The number of ether oxygens (including phenoxy) is 1. The average Bonchev–Trinajstić information content (AvgIpc) is 3.26. The summed E-state index contributed by atoms with van der Waals surface area (Å²) in [6.45, 7) is 0. The van der Waals surface area contributed by atoms with E-state index in [4.69, 9.17) is 20.8 Å². The van der Waals surface area contributed by atoms with E-state index in [1.54, 1.807) is 31.6 Å². The Labute approximate surface area is 144 Å². The van der Waals surface area contributed by atoms with E-state index in [0.29, 0.717) is 16.5 Å². The van der Waals surface area contributed by atoms with Gasteiger partial charge in [0.1, 0.15) is 11.5 Å². The summed E-state index contributed by atoms with van der Waals surface area (Å²) < 4.78 is 12.5. The normalized spacial score (nSPS) is 11.9. The fourth-order valence-corrected chi connectivity index (χ4v) is 2.78. The predicted molar refractivity (Wildman–Crippen MR) is 92.5 cm³/mol. The molecule has 0 aliphatic rings. The highest BCUT2D eigenvalue weighted by atomic mass is 35.5. The molecule has 0 radical (unpaired) electrons. The summed E-state index contributed by atoms with van der Waals surface area (Å²) in [4.78, 5) is 12.4.